The summed E-state index contributed by atoms with van der Waals surface area (Å²) in [6.45, 7) is 0. The quantitative estimate of drug-likeness (QED) is 0.921. The van der Waals surface area contributed by atoms with Gasteiger partial charge in [-0.15, -0.1) is 0 Å². The van der Waals surface area contributed by atoms with Gasteiger partial charge in [-0.3, -0.25) is 9.69 Å². The van der Waals surface area contributed by atoms with Gasteiger partial charge in [0.2, 0.25) is 0 Å². The van der Waals surface area contributed by atoms with E-state index in [1.165, 1.54) is 24.8 Å². The van der Waals surface area contributed by atoms with Crippen molar-refractivity contribution in [3.8, 4) is 0 Å². The molecular formula is C18H25NO2. The van der Waals surface area contributed by atoms with Crippen LogP contribution < -0.4 is 0 Å². The molecule has 0 saturated heterocycles. The Morgan fingerprint density at radius 3 is 2.43 bits per heavy atom. The van der Waals surface area contributed by atoms with Crippen LogP contribution in [0.15, 0.2) is 30.3 Å². The fraction of sp³-hybridized carbons (Fsp3) is 0.611. The van der Waals surface area contributed by atoms with Gasteiger partial charge in [-0.2, -0.15) is 0 Å². The van der Waals surface area contributed by atoms with Crippen LogP contribution in [-0.2, 0) is 4.79 Å². The maximum absolute atomic E-state index is 11.6. The normalized spacial score (nSPS) is 30.1. The van der Waals surface area contributed by atoms with Crippen molar-refractivity contribution in [3.63, 3.8) is 0 Å². The van der Waals surface area contributed by atoms with Crippen molar-refractivity contribution < 1.29 is 9.90 Å². The molecule has 1 aromatic rings. The first-order valence-corrected chi connectivity index (χ1v) is 8.16. The minimum Gasteiger partial charge on any atom is -0.481 e. The molecule has 3 unspecified atom stereocenters. The Morgan fingerprint density at radius 1 is 1.14 bits per heavy atom. The Morgan fingerprint density at radius 2 is 1.86 bits per heavy atom. The molecule has 0 bridgehead atoms. The van der Waals surface area contributed by atoms with Gasteiger partial charge in [0.1, 0.15) is 0 Å². The average Bonchev–Trinajstić information content (AvgIpc) is 2.45. The lowest BCUT2D eigenvalue weighted by atomic mass is 9.74. The van der Waals surface area contributed by atoms with E-state index in [0.29, 0.717) is 12.0 Å². The molecule has 1 aromatic carbocycles. The van der Waals surface area contributed by atoms with Crippen LogP contribution in [0.4, 0.5) is 0 Å². The monoisotopic (exact) mass is 287 g/mol. The molecule has 0 aliphatic heterocycles. The van der Waals surface area contributed by atoms with Crippen molar-refractivity contribution in [1.29, 1.82) is 0 Å². The second-order valence-electron chi connectivity index (χ2n) is 6.68. The highest BCUT2D eigenvalue weighted by Crippen LogP contribution is 2.40. The predicted molar refractivity (Wildman–Crippen MR) is 83.3 cm³/mol. The van der Waals surface area contributed by atoms with E-state index in [4.69, 9.17) is 0 Å². The van der Waals surface area contributed by atoms with Gasteiger partial charge in [0.15, 0.2) is 0 Å². The first-order valence-electron chi connectivity index (χ1n) is 8.16. The van der Waals surface area contributed by atoms with Gasteiger partial charge in [-0.25, -0.2) is 0 Å². The van der Waals surface area contributed by atoms with Crippen molar-refractivity contribution in [2.24, 2.45) is 5.92 Å². The van der Waals surface area contributed by atoms with E-state index in [1.54, 1.807) is 0 Å². The summed E-state index contributed by atoms with van der Waals surface area (Å²) in [5.74, 6) is -0.303. The molecule has 2 aliphatic rings. The second-order valence-corrected chi connectivity index (χ2v) is 6.68. The van der Waals surface area contributed by atoms with E-state index in [1.807, 2.05) is 6.07 Å². The average molecular weight is 287 g/mol. The second kappa shape index (κ2) is 6.18. The van der Waals surface area contributed by atoms with Gasteiger partial charge in [-0.05, 0) is 50.6 Å². The summed E-state index contributed by atoms with van der Waals surface area (Å²) in [5, 5.41) is 9.56. The third kappa shape index (κ3) is 2.98. The third-order valence-electron chi connectivity index (χ3n) is 5.58. The fourth-order valence-corrected chi connectivity index (χ4v) is 3.98. The van der Waals surface area contributed by atoms with Gasteiger partial charge in [-0.1, -0.05) is 36.8 Å². The van der Waals surface area contributed by atoms with Crippen LogP contribution >= 0.6 is 0 Å². The van der Waals surface area contributed by atoms with E-state index >= 15 is 0 Å². The zero-order chi connectivity index (χ0) is 14.8. The first kappa shape index (κ1) is 14.6. The lowest BCUT2D eigenvalue weighted by molar-refractivity contribution is -0.146. The minimum atomic E-state index is -0.613. The Kier molecular flexibility index (Phi) is 4.29. The molecule has 3 heteroatoms. The Bertz CT molecular complexity index is 483. The lowest BCUT2D eigenvalue weighted by Gasteiger charge is -2.45. The summed E-state index contributed by atoms with van der Waals surface area (Å²) in [5.41, 5.74) is 1.37. The van der Waals surface area contributed by atoms with E-state index in [9.17, 15) is 9.90 Å². The number of aliphatic carboxylic acids is 1. The highest BCUT2D eigenvalue weighted by Gasteiger charge is 2.40. The number of carboxylic acids is 1. The molecule has 0 aromatic heterocycles. The standard InChI is InChI=1S/C18H25NO2/c1-19(15-8-5-9-15)17-12-14(10-11-16(17)18(20)21)13-6-3-2-4-7-13/h2-4,6-7,14-17H,5,8-12H2,1H3,(H,20,21). The van der Waals surface area contributed by atoms with E-state index in [0.717, 1.165) is 19.3 Å². The molecule has 3 nitrogen and oxygen atoms in total. The van der Waals surface area contributed by atoms with Crippen molar-refractivity contribution in [2.45, 2.75) is 56.5 Å². The summed E-state index contributed by atoms with van der Waals surface area (Å²) < 4.78 is 0. The molecule has 2 aliphatic carbocycles. The fourth-order valence-electron chi connectivity index (χ4n) is 3.98. The summed E-state index contributed by atoms with van der Waals surface area (Å²) in [4.78, 5) is 14.0. The van der Waals surface area contributed by atoms with Crippen molar-refractivity contribution in [1.82, 2.24) is 4.90 Å². The molecule has 1 N–H and O–H groups in total. The highest BCUT2D eigenvalue weighted by molar-refractivity contribution is 5.71. The largest absolute Gasteiger partial charge is 0.481 e. The van der Waals surface area contributed by atoms with Gasteiger partial charge in [0.05, 0.1) is 5.92 Å². The number of benzene rings is 1. The molecule has 2 saturated carbocycles. The number of carboxylic acid groups (broad SMARTS) is 1. The lowest BCUT2D eigenvalue weighted by Crippen LogP contribution is -2.51. The van der Waals surface area contributed by atoms with E-state index < -0.39 is 5.97 Å². The number of nitrogens with zero attached hydrogens (tertiary/aromatic N) is 1. The molecule has 0 heterocycles. The third-order valence-corrected chi connectivity index (χ3v) is 5.58. The Balaban J connectivity index is 1.76. The van der Waals surface area contributed by atoms with Crippen LogP contribution in [0.25, 0.3) is 0 Å². The van der Waals surface area contributed by atoms with Crippen molar-refractivity contribution >= 4 is 5.97 Å². The smallest absolute Gasteiger partial charge is 0.308 e. The van der Waals surface area contributed by atoms with E-state index in [2.05, 4.69) is 36.2 Å². The number of carbonyl (C=O) groups is 1. The molecule has 0 radical (unpaired) electrons. The number of hydrogen-bond acceptors (Lipinski definition) is 2. The summed E-state index contributed by atoms with van der Waals surface area (Å²) in [6, 6.07) is 11.4. The van der Waals surface area contributed by atoms with Gasteiger partial charge in [0.25, 0.3) is 0 Å². The van der Waals surface area contributed by atoms with E-state index in [-0.39, 0.29) is 12.0 Å². The zero-order valence-corrected chi connectivity index (χ0v) is 12.7. The molecule has 3 rings (SSSR count). The maximum Gasteiger partial charge on any atom is 0.308 e. The molecule has 2 fully saturated rings. The first-order chi connectivity index (χ1) is 10.2. The molecule has 0 amide bonds. The minimum absolute atomic E-state index is 0.187. The van der Waals surface area contributed by atoms with Crippen molar-refractivity contribution in [2.75, 3.05) is 7.05 Å². The van der Waals surface area contributed by atoms with Crippen LogP contribution in [-0.4, -0.2) is 35.1 Å². The summed E-state index contributed by atoms with van der Waals surface area (Å²) in [6.07, 6.45) is 6.53. The van der Waals surface area contributed by atoms with Gasteiger partial charge < -0.3 is 5.11 Å². The number of rotatable bonds is 4. The summed E-state index contributed by atoms with van der Waals surface area (Å²) >= 11 is 0. The highest BCUT2D eigenvalue weighted by atomic mass is 16.4. The van der Waals surface area contributed by atoms with Crippen LogP contribution in [0.3, 0.4) is 0 Å². The van der Waals surface area contributed by atoms with Crippen LogP contribution in [0, 0.1) is 5.92 Å². The Hall–Kier alpha value is -1.35. The van der Waals surface area contributed by atoms with Gasteiger partial charge >= 0.3 is 5.97 Å². The Labute approximate surface area is 127 Å². The van der Waals surface area contributed by atoms with Crippen LogP contribution in [0.1, 0.15) is 50.0 Å². The molecule has 3 atom stereocenters. The maximum atomic E-state index is 11.6. The predicted octanol–water partition coefficient (Wildman–Crippen LogP) is 3.51. The van der Waals surface area contributed by atoms with Crippen LogP contribution in [0.2, 0.25) is 0 Å². The molecule has 0 spiro atoms. The summed E-state index contributed by atoms with van der Waals surface area (Å²) in [7, 11) is 2.14. The molecule has 114 valence electrons. The van der Waals surface area contributed by atoms with Crippen LogP contribution in [0.5, 0.6) is 0 Å². The molecular weight excluding hydrogens is 262 g/mol. The number of hydrogen-bond donors (Lipinski definition) is 1. The zero-order valence-electron chi connectivity index (χ0n) is 12.7. The topological polar surface area (TPSA) is 40.5 Å². The molecule has 21 heavy (non-hydrogen) atoms. The van der Waals surface area contributed by atoms with Crippen molar-refractivity contribution in [3.05, 3.63) is 35.9 Å². The SMILES string of the molecule is CN(C1CCC1)C1CC(c2ccccc2)CCC1C(=O)O. The van der Waals surface area contributed by atoms with Gasteiger partial charge in [0, 0.05) is 12.1 Å².